The van der Waals surface area contributed by atoms with Crippen LogP contribution < -0.4 is 4.90 Å². The van der Waals surface area contributed by atoms with Crippen molar-refractivity contribution in [1.29, 1.82) is 0 Å². The molecule has 0 atom stereocenters. The molecule has 0 bridgehead atoms. The van der Waals surface area contributed by atoms with Crippen LogP contribution >= 0.6 is 11.8 Å². The number of amides is 4. The summed E-state index contributed by atoms with van der Waals surface area (Å²) in [6, 6.07) is 7.77. The molecule has 2 aliphatic rings. The second-order valence-electron chi connectivity index (χ2n) is 8.05. The predicted octanol–water partition coefficient (Wildman–Crippen LogP) is 3.05. The molecule has 2 saturated heterocycles. The lowest BCUT2D eigenvalue weighted by atomic mass is 10.2. The van der Waals surface area contributed by atoms with E-state index >= 15 is 0 Å². The van der Waals surface area contributed by atoms with Crippen molar-refractivity contribution in [2.75, 3.05) is 44.7 Å². The van der Waals surface area contributed by atoms with Crippen LogP contribution in [0.5, 0.6) is 0 Å². The van der Waals surface area contributed by atoms with Gasteiger partial charge in [-0.2, -0.15) is 13.2 Å². The summed E-state index contributed by atoms with van der Waals surface area (Å²) in [6.45, 7) is 2.69. The van der Waals surface area contributed by atoms with Crippen LogP contribution in [0.15, 0.2) is 47.5 Å². The van der Waals surface area contributed by atoms with Gasteiger partial charge in [0.2, 0.25) is 0 Å². The van der Waals surface area contributed by atoms with Crippen LogP contribution in [0, 0.1) is 0 Å². The smallest absolute Gasteiger partial charge is 0.335 e. The van der Waals surface area contributed by atoms with E-state index in [1.807, 2.05) is 7.05 Å². The standard InChI is InChI=1S/C22H22F3N5O3S/c1-27-8-10-28(11-9-27)20(32)18-12-15(6-7-26-18)13-29-14-19(31)30(21(29)33)16-2-4-17(5-3-16)34-22(23,24)25/h2-7,12H,8-11,13-14H2,1H3. The number of likely N-dealkylation sites (N-methyl/N-ethyl adjacent to an activating group) is 1. The maximum atomic E-state index is 12.9. The van der Waals surface area contributed by atoms with Gasteiger partial charge in [0.1, 0.15) is 12.2 Å². The Hall–Kier alpha value is -3.12. The summed E-state index contributed by atoms with van der Waals surface area (Å²) in [5.41, 5.74) is -3.31. The first-order valence-corrected chi connectivity index (χ1v) is 11.3. The topological polar surface area (TPSA) is 77.1 Å². The fourth-order valence-electron chi connectivity index (χ4n) is 3.81. The van der Waals surface area contributed by atoms with Gasteiger partial charge in [0.05, 0.1) is 5.69 Å². The van der Waals surface area contributed by atoms with Gasteiger partial charge in [-0.25, -0.2) is 9.69 Å². The second-order valence-corrected chi connectivity index (χ2v) is 9.19. The molecule has 12 heteroatoms. The Morgan fingerprint density at radius 3 is 2.38 bits per heavy atom. The largest absolute Gasteiger partial charge is 0.446 e. The summed E-state index contributed by atoms with van der Waals surface area (Å²) in [4.78, 5) is 48.5. The number of alkyl halides is 3. The molecule has 8 nitrogen and oxygen atoms in total. The molecule has 2 aromatic rings. The van der Waals surface area contributed by atoms with Gasteiger partial charge in [-0.3, -0.25) is 14.6 Å². The minimum Gasteiger partial charge on any atom is -0.335 e. The van der Waals surface area contributed by atoms with Crippen molar-refractivity contribution in [2.24, 2.45) is 0 Å². The molecular weight excluding hydrogens is 471 g/mol. The SMILES string of the molecule is CN1CCN(C(=O)c2cc(CN3CC(=O)N(c4ccc(SC(F)(F)F)cc4)C3=O)ccn2)CC1. The van der Waals surface area contributed by atoms with Crippen LogP contribution in [0.4, 0.5) is 23.7 Å². The number of carbonyl (C=O) groups is 3. The lowest BCUT2D eigenvalue weighted by Gasteiger charge is -2.32. The van der Waals surface area contributed by atoms with Crippen LogP contribution in [-0.4, -0.2) is 82.8 Å². The molecule has 34 heavy (non-hydrogen) atoms. The number of halogens is 3. The van der Waals surface area contributed by atoms with Crippen molar-refractivity contribution in [3.8, 4) is 0 Å². The van der Waals surface area contributed by atoms with Gasteiger partial charge < -0.3 is 14.7 Å². The summed E-state index contributed by atoms with van der Waals surface area (Å²) < 4.78 is 37.6. The van der Waals surface area contributed by atoms with E-state index in [0.717, 1.165) is 18.0 Å². The number of aromatic nitrogens is 1. The number of nitrogens with zero attached hydrogens (tertiary/aromatic N) is 5. The van der Waals surface area contributed by atoms with E-state index < -0.39 is 17.4 Å². The molecule has 3 heterocycles. The van der Waals surface area contributed by atoms with Gasteiger partial charge >= 0.3 is 11.5 Å². The molecule has 0 radical (unpaired) electrons. The fourth-order valence-corrected chi connectivity index (χ4v) is 4.35. The fraction of sp³-hybridized carbons (Fsp3) is 0.364. The number of rotatable bonds is 5. The van der Waals surface area contributed by atoms with Crippen LogP contribution in [0.3, 0.4) is 0 Å². The molecule has 4 amide bonds. The normalized spacial score (nSPS) is 17.6. The summed E-state index contributed by atoms with van der Waals surface area (Å²) in [7, 11) is 1.99. The number of thioether (sulfide) groups is 1. The van der Waals surface area contributed by atoms with Gasteiger partial charge in [-0.15, -0.1) is 0 Å². The predicted molar refractivity (Wildman–Crippen MR) is 119 cm³/mol. The second kappa shape index (κ2) is 9.63. The highest BCUT2D eigenvalue weighted by atomic mass is 32.2. The Labute approximate surface area is 198 Å². The van der Waals surface area contributed by atoms with Crippen LogP contribution in [0.2, 0.25) is 0 Å². The van der Waals surface area contributed by atoms with Crippen LogP contribution in [0.1, 0.15) is 16.1 Å². The molecule has 0 aliphatic carbocycles. The molecule has 2 fully saturated rings. The molecule has 0 spiro atoms. The maximum absolute atomic E-state index is 12.9. The Morgan fingerprint density at radius 2 is 1.74 bits per heavy atom. The number of hydrogen-bond acceptors (Lipinski definition) is 6. The molecule has 1 aromatic heterocycles. The summed E-state index contributed by atoms with van der Waals surface area (Å²) >= 11 is -0.268. The molecule has 4 rings (SSSR count). The van der Waals surface area contributed by atoms with Gasteiger partial charge in [-0.1, -0.05) is 0 Å². The van der Waals surface area contributed by atoms with Crippen LogP contribution in [-0.2, 0) is 11.3 Å². The summed E-state index contributed by atoms with van der Waals surface area (Å²) in [5, 5.41) is 0. The minimum absolute atomic E-state index is 0.0402. The molecule has 1 aromatic carbocycles. The first-order valence-electron chi connectivity index (χ1n) is 10.5. The van der Waals surface area contributed by atoms with E-state index in [0.29, 0.717) is 18.7 Å². The Balaban J connectivity index is 1.43. The number of piperazine rings is 1. The molecule has 2 aliphatic heterocycles. The number of pyridine rings is 1. The molecule has 0 unspecified atom stereocenters. The van der Waals surface area contributed by atoms with E-state index in [1.165, 1.54) is 35.4 Å². The Bertz CT molecular complexity index is 1090. The van der Waals surface area contributed by atoms with Crippen molar-refractivity contribution in [1.82, 2.24) is 19.7 Å². The molecule has 0 saturated carbocycles. The van der Waals surface area contributed by atoms with Gasteiger partial charge in [-0.05, 0) is 60.8 Å². The number of urea groups is 1. The zero-order valence-corrected chi connectivity index (χ0v) is 19.1. The minimum atomic E-state index is -4.42. The highest BCUT2D eigenvalue weighted by Crippen LogP contribution is 2.37. The van der Waals surface area contributed by atoms with Crippen molar-refractivity contribution < 1.29 is 27.6 Å². The first-order chi connectivity index (χ1) is 16.1. The number of benzene rings is 1. The van der Waals surface area contributed by atoms with Gasteiger partial charge in [0.25, 0.3) is 11.8 Å². The molecular formula is C22H22F3N5O3S. The monoisotopic (exact) mass is 493 g/mol. The average Bonchev–Trinajstić information content (AvgIpc) is 3.06. The third-order valence-electron chi connectivity index (χ3n) is 5.57. The van der Waals surface area contributed by atoms with E-state index in [-0.39, 0.29) is 47.0 Å². The van der Waals surface area contributed by atoms with Crippen molar-refractivity contribution in [3.05, 3.63) is 53.9 Å². The zero-order valence-electron chi connectivity index (χ0n) is 18.3. The first kappa shape index (κ1) is 24.0. The lowest BCUT2D eigenvalue weighted by Crippen LogP contribution is -2.47. The summed E-state index contributed by atoms with van der Waals surface area (Å²) in [6.07, 6.45) is 1.50. The third kappa shape index (κ3) is 5.50. The van der Waals surface area contributed by atoms with E-state index in [4.69, 9.17) is 0 Å². The van der Waals surface area contributed by atoms with E-state index in [2.05, 4.69) is 9.88 Å². The average molecular weight is 494 g/mol. The summed E-state index contributed by atoms with van der Waals surface area (Å²) in [5.74, 6) is -0.666. The van der Waals surface area contributed by atoms with E-state index in [1.54, 1.807) is 17.0 Å². The van der Waals surface area contributed by atoms with Crippen LogP contribution in [0.25, 0.3) is 0 Å². The number of imide groups is 1. The zero-order chi connectivity index (χ0) is 24.5. The maximum Gasteiger partial charge on any atom is 0.446 e. The van der Waals surface area contributed by atoms with E-state index in [9.17, 15) is 27.6 Å². The molecule has 0 N–H and O–H groups in total. The molecule has 180 valence electrons. The number of hydrogen-bond donors (Lipinski definition) is 0. The number of carbonyl (C=O) groups excluding carboxylic acids is 3. The highest BCUT2D eigenvalue weighted by molar-refractivity contribution is 8.00. The lowest BCUT2D eigenvalue weighted by molar-refractivity contribution is -0.116. The Morgan fingerprint density at radius 1 is 1.06 bits per heavy atom. The van der Waals surface area contributed by atoms with Gasteiger partial charge in [0.15, 0.2) is 0 Å². The Kier molecular flexibility index (Phi) is 6.80. The van der Waals surface area contributed by atoms with Crippen molar-refractivity contribution in [3.63, 3.8) is 0 Å². The quantitative estimate of drug-likeness (QED) is 0.471. The van der Waals surface area contributed by atoms with Crippen molar-refractivity contribution in [2.45, 2.75) is 16.9 Å². The van der Waals surface area contributed by atoms with Gasteiger partial charge in [0, 0.05) is 43.8 Å². The number of anilines is 1. The third-order valence-corrected chi connectivity index (χ3v) is 6.31. The highest BCUT2D eigenvalue weighted by Gasteiger charge is 2.37. The van der Waals surface area contributed by atoms with Crippen molar-refractivity contribution >= 4 is 35.3 Å².